The molecule has 6 rings (SSSR count). The zero-order valence-corrected chi connectivity index (χ0v) is 25.0. The van der Waals surface area contributed by atoms with E-state index in [9.17, 15) is 33.9 Å². The molecule has 1 atom stereocenters. The van der Waals surface area contributed by atoms with Crippen molar-refractivity contribution in [3.8, 4) is 5.75 Å². The third-order valence-corrected chi connectivity index (χ3v) is 8.04. The van der Waals surface area contributed by atoms with Crippen LogP contribution in [0.4, 0.5) is 11.4 Å². The van der Waals surface area contributed by atoms with Crippen molar-refractivity contribution in [2.45, 2.75) is 38.3 Å². The monoisotopic (exact) mass is 634 g/mol. The normalized spacial score (nSPS) is 15.7. The minimum Gasteiger partial charge on any atom is -0.507 e. The van der Waals surface area contributed by atoms with E-state index in [4.69, 9.17) is 0 Å². The number of imide groups is 2. The van der Waals surface area contributed by atoms with Gasteiger partial charge in [0, 0.05) is 48.9 Å². The number of phenolic OH excluding ortho intramolecular Hbond substituents is 1. The molecule has 5 N–H and O–H groups in total. The zero-order valence-electron chi connectivity index (χ0n) is 25.0. The number of anilines is 2. The summed E-state index contributed by atoms with van der Waals surface area (Å²) < 4.78 is 0. The van der Waals surface area contributed by atoms with Crippen LogP contribution in [0.15, 0.2) is 72.9 Å². The van der Waals surface area contributed by atoms with E-state index in [0.717, 1.165) is 21.4 Å². The van der Waals surface area contributed by atoms with Crippen LogP contribution in [0.1, 0.15) is 62.3 Å². The maximum atomic E-state index is 13.3. The second-order valence-corrected chi connectivity index (χ2v) is 11.2. The first-order valence-electron chi connectivity index (χ1n) is 15.0. The highest BCUT2D eigenvalue weighted by Gasteiger charge is 2.45. The fourth-order valence-corrected chi connectivity index (χ4v) is 5.73. The number of aromatic hydroxyl groups is 1. The summed E-state index contributed by atoms with van der Waals surface area (Å²) in [7, 11) is 0. The molecule has 13 nitrogen and oxygen atoms in total. The van der Waals surface area contributed by atoms with Gasteiger partial charge in [-0.05, 0) is 54.8 Å². The topological polar surface area (TPSA) is 187 Å². The number of benzene rings is 3. The Balaban J connectivity index is 1.02. The zero-order chi connectivity index (χ0) is 33.1. The summed E-state index contributed by atoms with van der Waals surface area (Å²) in [5.74, 6) is -3.45. The summed E-state index contributed by atoms with van der Waals surface area (Å²) in [6.45, 7) is 0.478. The van der Waals surface area contributed by atoms with E-state index in [1.54, 1.807) is 18.3 Å². The highest BCUT2D eigenvalue weighted by molar-refractivity contribution is 6.25. The number of hydrogen-bond acceptors (Lipinski definition) is 9. The molecule has 1 fully saturated rings. The van der Waals surface area contributed by atoms with Gasteiger partial charge in [0.05, 0.1) is 22.2 Å². The van der Waals surface area contributed by atoms with Crippen molar-refractivity contribution in [1.82, 2.24) is 20.5 Å². The van der Waals surface area contributed by atoms with E-state index in [0.29, 0.717) is 17.8 Å². The lowest BCUT2D eigenvalue weighted by atomic mass is 10.0. The van der Waals surface area contributed by atoms with Crippen molar-refractivity contribution in [1.29, 1.82) is 0 Å². The molecule has 13 heteroatoms. The third-order valence-electron chi connectivity index (χ3n) is 8.04. The van der Waals surface area contributed by atoms with Crippen LogP contribution >= 0.6 is 0 Å². The maximum Gasteiger partial charge on any atom is 0.264 e. The van der Waals surface area contributed by atoms with Crippen molar-refractivity contribution >= 4 is 57.7 Å². The van der Waals surface area contributed by atoms with Crippen molar-refractivity contribution < 1.29 is 33.9 Å². The minimum atomic E-state index is -1.07. The van der Waals surface area contributed by atoms with Gasteiger partial charge >= 0.3 is 0 Å². The summed E-state index contributed by atoms with van der Waals surface area (Å²) in [5.41, 5.74) is 2.60. The average molecular weight is 635 g/mol. The van der Waals surface area contributed by atoms with Crippen molar-refractivity contribution in [3.05, 3.63) is 95.2 Å². The first kappa shape index (κ1) is 30.9. The number of fused-ring (bicyclic) bond motifs is 2. The molecule has 3 aromatic carbocycles. The van der Waals surface area contributed by atoms with Crippen molar-refractivity contribution in [2.24, 2.45) is 0 Å². The Kier molecular flexibility index (Phi) is 8.60. The number of para-hydroxylation sites is 1. The summed E-state index contributed by atoms with van der Waals surface area (Å²) in [4.78, 5) is 81.1. The Hall–Kier alpha value is -6.11. The standard InChI is InChI=1S/C34H30N6O7/c41-26-13-11-21(17-23(26)31(44)37-18-20-6-1-5-19-7-3-16-36-30(19)20)38-27(42)10-4-15-35-24-9-2-8-22-29(24)34(47)40(33(22)46)25-12-14-28(43)39-32(25)45/h1-3,5-9,11,13,16-17,25,35,41H,4,10,12,14-15,18H2,(H,37,44)(H,38,42)(H,39,43,45). The van der Waals surface area contributed by atoms with Gasteiger partial charge in [0.1, 0.15) is 11.8 Å². The largest absolute Gasteiger partial charge is 0.507 e. The van der Waals surface area contributed by atoms with Gasteiger partial charge in [0.15, 0.2) is 0 Å². The van der Waals surface area contributed by atoms with E-state index in [-0.39, 0.29) is 60.7 Å². The quantitative estimate of drug-likeness (QED) is 0.0993. The van der Waals surface area contributed by atoms with Gasteiger partial charge in [-0.25, -0.2) is 0 Å². The number of phenols is 1. The minimum absolute atomic E-state index is 0.00108. The number of nitrogens with one attached hydrogen (secondary N) is 4. The molecule has 238 valence electrons. The number of nitrogens with zero attached hydrogens (tertiary/aromatic N) is 2. The molecule has 4 aromatic rings. The second-order valence-electron chi connectivity index (χ2n) is 11.2. The van der Waals surface area contributed by atoms with Crippen molar-refractivity contribution in [3.63, 3.8) is 0 Å². The van der Waals surface area contributed by atoms with Crippen molar-refractivity contribution in [2.75, 3.05) is 17.2 Å². The maximum absolute atomic E-state index is 13.3. The fraction of sp³-hybridized carbons (Fsp3) is 0.206. The molecule has 0 bridgehead atoms. The molecule has 0 radical (unpaired) electrons. The molecule has 1 unspecified atom stereocenters. The van der Waals surface area contributed by atoms with E-state index >= 15 is 0 Å². The van der Waals surface area contributed by atoms with Gasteiger partial charge in [-0.3, -0.25) is 44.0 Å². The Bertz CT molecular complexity index is 1950. The summed E-state index contributed by atoms with van der Waals surface area (Å²) >= 11 is 0. The predicted molar refractivity (Wildman–Crippen MR) is 170 cm³/mol. The Morgan fingerprint density at radius 2 is 1.79 bits per heavy atom. The Morgan fingerprint density at radius 1 is 0.979 bits per heavy atom. The summed E-state index contributed by atoms with van der Waals surface area (Å²) in [5, 5.41) is 22.1. The fourth-order valence-electron chi connectivity index (χ4n) is 5.73. The lowest BCUT2D eigenvalue weighted by Gasteiger charge is -2.27. The molecule has 3 heterocycles. The van der Waals surface area contributed by atoms with E-state index < -0.39 is 35.6 Å². The number of pyridine rings is 1. The average Bonchev–Trinajstić information content (AvgIpc) is 3.32. The number of aromatic nitrogens is 1. The molecule has 2 aliphatic heterocycles. The van der Waals surface area contributed by atoms with E-state index in [1.165, 1.54) is 24.3 Å². The van der Waals surface area contributed by atoms with Gasteiger partial charge in [0.25, 0.3) is 17.7 Å². The van der Waals surface area contributed by atoms with Crippen LogP contribution in [0.25, 0.3) is 10.9 Å². The number of hydrogen-bond donors (Lipinski definition) is 5. The highest BCUT2D eigenvalue weighted by Crippen LogP contribution is 2.32. The first-order chi connectivity index (χ1) is 22.7. The van der Waals surface area contributed by atoms with Crippen LogP contribution in [0.2, 0.25) is 0 Å². The van der Waals surface area contributed by atoms with Crippen LogP contribution in [-0.2, 0) is 20.9 Å². The van der Waals surface area contributed by atoms with Gasteiger partial charge in [0.2, 0.25) is 17.7 Å². The van der Waals surface area contributed by atoms with Gasteiger partial charge < -0.3 is 21.1 Å². The molecule has 6 amide bonds. The van der Waals surface area contributed by atoms with Gasteiger partial charge in [-0.2, -0.15) is 0 Å². The van der Waals surface area contributed by atoms with Crippen LogP contribution in [0, 0.1) is 0 Å². The lowest BCUT2D eigenvalue weighted by molar-refractivity contribution is -0.136. The number of piperidine rings is 1. The lowest BCUT2D eigenvalue weighted by Crippen LogP contribution is -2.54. The van der Waals surface area contributed by atoms with E-state index in [2.05, 4.69) is 26.3 Å². The van der Waals surface area contributed by atoms with Gasteiger partial charge in [-0.15, -0.1) is 0 Å². The van der Waals surface area contributed by atoms with Crippen LogP contribution in [-0.4, -0.2) is 63.0 Å². The van der Waals surface area contributed by atoms with E-state index in [1.807, 2.05) is 30.3 Å². The Morgan fingerprint density at radius 3 is 2.62 bits per heavy atom. The smallest absolute Gasteiger partial charge is 0.264 e. The van der Waals surface area contributed by atoms with Crippen LogP contribution in [0.3, 0.4) is 0 Å². The molecule has 47 heavy (non-hydrogen) atoms. The molecule has 2 aliphatic rings. The molecule has 0 spiro atoms. The molecule has 0 saturated carbocycles. The van der Waals surface area contributed by atoms with Crippen LogP contribution in [0.5, 0.6) is 5.75 Å². The number of carbonyl (C=O) groups excluding carboxylic acids is 6. The molecular formula is C34H30N6O7. The molecular weight excluding hydrogens is 604 g/mol. The summed E-state index contributed by atoms with van der Waals surface area (Å²) in [6, 6.07) is 17.3. The van der Waals surface area contributed by atoms with Crippen LogP contribution < -0.4 is 21.3 Å². The summed E-state index contributed by atoms with van der Waals surface area (Å²) in [6.07, 6.45) is 2.22. The third kappa shape index (κ3) is 6.36. The first-order valence-corrected chi connectivity index (χ1v) is 15.0. The number of amides is 6. The SMILES string of the molecule is O=C1CCC(N2C(=O)c3cccc(NCCCC(=O)Nc4ccc(O)c(C(=O)NCc5cccc6cccnc56)c4)c3C2=O)C(=O)N1. The molecule has 1 aromatic heterocycles. The Labute approximate surface area is 268 Å². The number of rotatable bonds is 10. The second kappa shape index (κ2) is 13.1. The highest BCUT2D eigenvalue weighted by atomic mass is 16.3. The predicted octanol–water partition coefficient (Wildman–Crippen LogP) is 3.10. The van der Waals surface area contributed by atoms with Gasteiger partial charge in [-0.1, -0.05) is 30.3 Å². The molecule has 1 saturated heterocycles. The molecule has 0 aliphatic carbocycles. The number of carbonyl (C=O) groups is 6.